The molecule has 0 aliphatic carbocycles. The van der Waals surface area contributed by atoms with Gasteiger partial charge in [-0.15, -0.1) is 11.3 Å². The van der Waals surface area contributed by atoms with E-state index in [1.165, 1.54) is 12.1 Å². The van der Waals surface area contributed by atoms with E-state index >= 15 is 0 Å². The lowest BCUT2D eigenvalue weighted by molar-refractivity contribution is 0.603. The van der Waals surface area contributed by atoms with E-state index < -0.39 is 10.0 Å². The second-order valence-corrected chi connectivity index (χ2v) is 8.42. The highest BCUT2D eigenvalue weighted by molar-refractivity contribution is 7.94. The van der Waals surface area contributed by atoms with Crippen molar-refractivity contribution in [1.29, 1.82) is 0 Å². The molecule has 0 saturated carbocycles. The van der Waals surface area contributed by atoms with Crippen LogP contribution in [-0.4, -0.2) is 13.4 Å². The Morgan fingerprint density at radius 2 is 1.95 bits per heavy atom. The van der Waals surface area contributed by atoms with E-state index in [0.717, 1.165) is 16.9 Å². The first kappa shape index (κ1) is 16.5. The molecule has 1 aromatic heterocycles. The number of nitrogens with one attached hydrogen (secondary N) is 1. The number of benzene rings is 1. The van der Waals surface area contributed by atoms with E-state index in [2.05, 4.69) is 4.72 Å². The predicted octanol–water partition coefficient (Wildman–Crippen LogP) is 3.80. The molecule has 1 aromatic carbocycles. The Hall–Kier alpha value is -0.860. The van der Waals surface area contributed by atoms with Gasteiger partial charge < -0.3 is 5.73 Å². The third-order valence-electron chi connectivity index (χ3n) is 2.58. The maximum atomic E-state index is 12.3. The fourth-order valence-corrected chi connectivity index (χ4v) is 4.42. The zero-order chi connectivity index (χ0) is 15.8. The molecule has 9 heteroatoms. The molecule has 0 bridgehead atoms. The zero-order valence-electron chi connectivity index (χ0n) is 10.7. The highest BCUT2D eigenvalue weighted by Gasteiger charge is 2.19. The molecule has 0 aliphatic rings. The highest BCUT2D eigenvalue weighted by atomic mass is 35.5. The summed E-state index contributed by atoms with van der Waals surface area (Å²) in [4.78, 5) is 0.677. The summed E-state index contributed by atoms with van der Waals surface area (Å²) in [6.07, 6.45) is 0. The van der Waals surface area contributed by atoms with E-state index in [0.29, 0.717) is 9.90 Å². The van der Waals surface area contributed by atoms with E-state index in [1.54, 1.807) is 19.1 Å². The van der Waals surface area contributed by atoms with E-state index in [1.807, 2.05) is 0 Å². The van der Waals surface area contributed by atoms with Crippen LogP contribution in [0.5, 0.6) is 0 Å². The maximum Gasteiger partial charge on any atom is 0.271 e. The SMILES string of the molecule is Cc1cc(Cl)c(NS(=O)(=O)c2ccc(C(N)=S)s2)cc1Cl. The first-order valence-electron chi connectivity index (χ1n) is 5.59. The Kier molecular flexibility index (Phi) is 4.79. The summed E-state index contributed by atoms with van der Waals surface area (Å²) in [7, 11) is -3.77. The van der Waals surface area contributed by atoms with Crippen molar-refractivity contribution in [2.45, 2.75) is 11.1 Å². The molecule has 0 aliphatic heterocycles. The van der Waals surface area contributed by atoms with Crippen molar-refractivity contribution in [3.63, 3.8) is 0 Å². The molecule has 112 valence electrons. The Balaban J connectivity index is 2.37. The van der Waals surface area contributed by atoms with Crippen molar-refractivity contribution in [2.75, 3.05) is 4.72 Å². The predicted molar refractivity (Wildman–Crippen MR) is 92.2 cm³/mol. The van der Waals surface area contributed by atoms with Gasteiger partial charge in [-0.25, -0.2) is 8.42 Å². The number of sulfonamides is 1. The van der Waals surface area contributed by atoms with Gasteiger partial charge in [-0.3, -0.25) is 4.72 Å². The summed E-state index contributed by atoms with van der Waals surface area (Å²) in [5.74, 6) is 0. The van der Waals surface area contributed by atoms with Crippen molar-refractivity contribution >= 4 is 67.5 Å². The van der Waals surface area contributed by atoms with Gasteiger partial charge in [0, 0.05) is 5.02 Å². The van der Waals surface area contributed by atoms with Crippen LogP contribution in [0.1, 0.15) is 10.4 Å². The van der Waals surface area contributed by atoms with Crippen LogP contribution in [0.15, 0.2) is 28.5 Å². The highest BCUT2D eigenvalue weighted by Crippen LogP contribution is 2.31. The molecular weight excluding hydrogens is 371 g/mol. The second kappa shape index (κ2) is 6.10. The van der Waals surface area contributed by atoms with Crippen molar-refractivity contribution in [1.82, 2.24) is 0 Å². The Morgan fingerprint density at radius 1 is 1.29 bits per heavy atom. The minimum absolute atomic E-state index is 0.0954. The molecule has 0 fully saturated rings. The number of rotatable bonds is 4. The number of nitrogens with two attached hydrogens (primary N) is 1. The van der Waals surface area contributed by atoms with Gasteiger partial charge in [0.05, 0.1) is 15.6 Å². The normalized spacial score (nSPS) is 11.4. The van der Waals surface area contributed by atoms with Crippen molar-refractivity contribution in [3.05, 3.63) is 44.8 Å². The van der Waals surface area contributed by atoms with E-state index in [4.69, 9.17) is 41.2 Å². The second-order valence-electron chi connectivity index (χ2n) is 4.17. The summed E-state index contributed by atoms with van der Waals surface area (Å²) in [6.45, 7) is 1.78. The summed E-state index contributed by atoms with van der Waals surface area (Å²) in [5.41, 5.74) is 6.45. The number of halogens is 2. The quantitative estimate of drug-likeness (QED) is 0.791. The topological polar surface area (TPSA) is 72.2 Å². The molecule has 0 saturated heterocycles. The molecule has 0 radical (unpaired) electrons. The third-order valence-corrected chi connectivity index (χ3v) is 6.63. The van der Waals surface area contributed by atoms with Gasteiger partial charge in [-0.05, 0) is 36.8 Å². The number of hydrogen-bond donors (Lipinski definition) is 2. The number of aryl methyl sites for hydroxylation is 1. The largest absolute Gasteiger partial charge is 0.389 e. The Bertz CT molecular complexity index is 816. The molecule has 1 heterocycles. The first-order chi connectivity index (χ1) is 9.70. The van der Waals surface area contributed by atoms with Crippen LogP contribution in [-0.2, 0) is 10.0 Å². The molecule has 4 nitrogen and oxygen atoms in total. The molecule has 0 atom stereocenters. The number of hydrogen-bond acceptors (Lipinski definition) is 4. The van der Waals surface area contributed by atoms with Gasteiger partial charge in [0.1, 0.15) is 9.20 Å². The van der Waals surface area contributed by atoms with Crippen LogP contribution in [0, 0.1) is 6.92 Å². The molecule has 0 spiro atoms. The van der Waals surface area contributed by atoms with Crippen LogP contribution in [0.2, 0.25) is 10.0 Å². The van der Waals surface area contributed by atoms with Crippen molar-refractivity contribution in [2.24, 2.45) is 5.73 Å². The molecule has 2 aromatic rings. The van der Waals surface area contributed by atoms with Crippen LogP contribution in [0.3, 0.4) is 0 Å². The van der Waals surface area contributed by atoms with Crippen LogP contribution in [0.25, 0.3) is 0 Å². The summed E-state index contributed by atoms with van der Waals surface area (Å²) in [5, 5.41) is 0.693. The number of thiophene rings is 1. The number of thiocarbonyl (C=S) groups is 1. The van der Waals surface area contributed by atoms with E-state index in [9.17, 15) is 8.42 Å². The molecule has 2 rings (SSSR count). The minimum atomic E-state index is -3.77. The summed E-state index contributed by atoms with van der Waals surface area (Å²) in [6, 6.07) is 6.06. The third kappa shape index (κ3) is 3.67. The molecule has 3 N–H and O–H groups in total. The van der Waals surface area contributed by atoms with Gasteiger partial charge in [0.25, 0.3) is 10.0 Å². The van der Waals surface area contributed by atoms with Crippen LogP contribution in [0.4, 0.5) is 5.69 Å². The van der Waals surface area contributed by atoms with Crippen LogP contribution < -0.4 is 10.5 Å². The van der Waals surface area contributed by atoms with Gasteiger partial charge in [-0.1, -0.05) is 35.4 Å². The monoisotopic (exact) mass is 380 g/mol. The fourth-order valence-electron chi connectivity index (χ4n) is 1.52. The van der Waals surface area contributed by atoms with Crippen molar-refractivity contribution < 1.29 is 8.42 Å². The lowest BCUT2D eigenvalue weighted by atomic mass is 10.2. The first-order valence-corrected chi connectivity index (χ1v) is 9.05. The molecule has 0 amide bonds. The summed E-state index contributed by atoms with van der Waals surface area (Å²) >= 11 is 17.8. The Labute approximate surface area is 141 Å². The van der Waals surface area contributed by atoms with Gasteiger partial charge in [0.2, 0.25) is 0 Å². The lowest BCUT2D eigenvalue weighted by Crippen LogP contribution is -2.12. The van der Waals surface area contributed by atoms with E-state index in [-0.39, 0.29) is 19.9 Å². The molecule has 21 heavy (non-hydrogen) atoms. The average molecular weight is 381 g/mol. The van der Waals surface area contributed by atoms with Gasteiger partial charge in [0.15, 0.2) is 0 Å². The molecular formula is C12H10Cl2N2O2S3. The van der Waals surface area contributed by atoms with Gasteiger partial charge >= 0.3 is 0 Å². The maximum absolute atomic E-state index is 12.3. The average Bonchev–Trinajstić information content (AvgIpc) is 2.86. The van der Waals surface area contributed by atoms with Crippen LogP contribution >= 0.6 is 46.8 Å². The minimum Gasteiger partial charge on any atom is -0.389 e. The summed E-state index contributed by atoms with van der Waals surface area (Å²) < 4.78 is 27.1. The van der Waals surface area contributed by atoms with Gasteiger partial charge in [-0.2, -0.15) is 0 Å². The number of anilines is 1. The Morgan fingerprint density at radius 3 is 2.52 bits per heavy atom. The lowest BCUT2D eigenvalue weighted by Gasteiger charge is -2.10. The zero-order valence-corrected chi connectivity index (χ0v) is 14.6. The molecule has 0 unspecified atom stereocenters. The fraction of sp³-hybridized carbons (Fsp3) is 0.0833. The standard InChI is InChI=1S/C12H10Cl2N2O2S3/c1-6-4-8(14)9(5-7(6)13)16-21(17,18)11-3-2-10(20-11)12(15)19/h2-5,16H,1H3,(H2,15,19). The smallest absolute Gasteiger partial charge is 0.271 e. The van der Waals surface area contributed by atoms with Crippen molar-refractivity contribution in [3.8, 4) is 0 Å².